The summed E-state index contributed by atoms with van der Waals surface area (Å²) in [5.41, 5.74) is 2.83. The smallest absolute Gasteiger partial charge is 0.274 e. The molecule has 7 nitrogen and oxygen atoms in total. The monoisotopic (exact) mass is 370 g/mol. The maximum absolute atomic E-state index is 13.2. The molecule has 0 unspecified atom stereocenters. The summed E-state index contributed by atoms with van der Waals surface area (Å²) in [6.07, 6.45) is 9.34. The highest BCUT2D eigenvalue weighted by Crippen LogP contribution is 2.28. The normalized spacial score (nSPS) is 20.7. The maximum Gasteiger partial charge on any atom is 0.274 e. The lowest BCUT2D eigenvalue weighted by atomic mass is 9.96. The third-order valence-electron chi connectivity index (χ3n) is 5.90. The first-order valence-electron chi connectivity index (χ1n) is 10.2. The summed E-state index contributed by atoms with van der Waals surface area (Å²) in [6, 6.07) is 0. The van der Waals surface area contributed by atoms with Gasteiger partial charge in [0.1, 0.15) is 5.82 Å². The molecule has 146 valence electrons. The molecule has 2 aromatic rings. The Labute approximate surface area is 160 Å². The molecule has 0 spiro atoms. The van der Waals surface area contributed by atoms with Crippen LogP contribution in [0.2, 0.25) is 0 Å². The first kappa shape index (κ1) is 18.2. The molecule has 1 atom stereocenters. The van der Waals surface area contributed by atoms with Crippen LogP contribution in [0.4, 0.5) is 0 Å². The van der Waals surface area contributed by atoms with E-state index in [2.05, 4.69) is 44.8 Å². The van der Waals surface area contributed by atoms with Gasteiger partial charge >= 0.3 is 0 Å². The Kier molecular flexibility index (Phi) is 5.29. The predicted molar refractivity (Wildman–Crippen MR) is 104 cm³/mol. The van der Waals surface area contributed by atoms with Crippen molar-refractivity contribution in [1.29, 1.82) is 0 Å². The molecule has 0 aliphatic carbocycles. The molecule has 2 aliphatic heterocycles. The number of carbonyl (C=O) groups is 1. The molecular weight excluding hydrogens is 340 g/mol. The van der Waals surface area contributed by atoms with Gasteiger partial charge in [-0.3, -0.25) is 9.89 Å². The number of aromatic nitrogens is 4. The number of piperidine rings is 1. The van der Waals surface area contributed by atoms with Gasteiger partial charge in [-0.2, -0.15) is 5.10 Å². The van der Waals surface area contributed by atoms with Crippen molar-refractivity contribution in [3.05, 3.63) is 35.2 Å². The van der Waals surface area contributed by atoms with Crippen LogP contribution in [0.5, 0.6) is 0 Å². The van der Waals surface area contributed by atoms with Gasteiger partial charge in [0.2, 0.25) is 0 Å². The number of fused-ring (bicyclic) bond motifs is 1. The standard InChI is InChI=1S/C20H30N6O/c1-3-4-9-25-12-8-21-19(25)15-6-5-10-26(13-15)20(27)18-16-14-24(2)11-7-17(16)22-23-18/h8,12,15H,3-7,9-11,13-14H2,1-2H3,(H,22,23)/t15-/m0/s1. The number of imidazole rings is 1. The number of rotatable bonds is 5. The van der Waals surface area contributed by atoms with Crippen molar-refractivity contribution in [2.45, 2.75) is 58.0 Å². The van der Waals surface area contributed by atoms with E-state index in [-0.39, 0.29) is 5.91 Å². The highest BCUT2D eigenvalue weighted by molar-refractivity contribution is 5.94. The van der Waals surface area contributed by atoms with E-state index in [0.717, 1.165) is 75.5 Å². The molecule has 4 heterocycles. The lowest BCUT2D eigenvalue weighted by Gasteiger charge is -2.33. The van der Waals surface area contributed by atoms with Crippen molar-refractivity contribution in [3.8, 4) is 0 Å². The van der Waals surface area contributed by atoms with Gasteiger partial charge in [0.05, 0.1) is 0 Å². The second-order valence-electron chi connectivity index (χ2n) is 7.94. The van der Waals surface area contributed by atoms with Crippen molar-refractivity contribution >= 4 is 5.91 Å². The number of hydrogen-bond acceptors (Lipinski definition) is 4. The minimum absolute atomic E-state index is 0.0687. The molecular formula is C20H30N6O. The second kappa shape index (κ2) is 7.84. The number of H-pyrrole nitrogens is 1. The van der Waals surface area contributed by atoms with Gasteiger partial charge in [0, 0.05) is 68.7 Å². The minimum Gasteiger partial charge on any atom is -0.337 e. The number of aryl methyl sites for hydroxylation is 1. The summed E-state index contributed by atoms with van der Waals surface area (Å²) < 4.78 is 2.27. The van der Waals surface area contributed by atoms with Crippen molar-refractivity contribution in [1.82, 2.24) is 29.5 Å². The summed E-state index contributed by atoms with van der Waals surface area (Å²) in [5, 5.41) is 7.49. The molecule has 2 aromatic heterocycles. The number of unbranched alkanes of at least 4 members (excludes halogenated alkanes) is 1. The molecule has 1 amide bonds. The summed E-state index contributed by atoms with van der Waals surface area (Å²) >= 11 is 0. The van der Waals surface area contributed by atoms with E-state index in [1.807, 2.05) is 11.1 Å². The fraction of sp³-hybridized carbons (Fsp3) is 0.650. The van der Waals surface area contributed by atoms with Crippen LogP contribution in [0, 0.1) is 0 Å². The van der Waals surface area contributed by atoms with Gasteiger partial charge in [-0.25, -0.2) is 4.98 Å². The van der Waals surface area contributed by atoms with Crippen LogP contribution < -0.4 is 0 Å². The zero-order valence-corrected chi connectivity index (χ0v) is 16.4. The lowest BCUT2D eigenvalue weighted by Crippen LogP contribution is -2.40. The number of carbonyl (C=O) groups excluding carboxylic acids is 1. The molecule has 0 bridgehead atoms. The van der Waals surface area contributed by atoms with Crippen LogP contribution in [0.3, 0.4) is 0 Å². The van der Waals surface area contributed by atoms with E-state index in [1.165, 1.54) is 6.42 Å². The van der Waals surface area contributed by atoms with Crippen LogP contribution in [-0.4, -0.2) is 62.1 Å². The van der Waals surface area contributed by atoms with E-state index in [0.29, 0.717) is 11.6 Å². The number of nitrogens with one attached hydrogen (secondary N) is 1. The third kappa shape index (κ3) is 3.65. The highest BCUT2D eigenvalue weighted by Gasteiger charge is 2.31. The molecule has 1 fully saturated rings. The van der Waals surface area contributed by atoms with E-state index in [1.54, 1.807) is 0 Å². The van der Waals surface area contributed by atoms with Gasteiger partial charge in [-0.15, -0.1) is 0 Å². The summed E-state index contributed by atoms with van der Waals surface area (Å²) in [5.74, 6) is 1.51. The Balaban J connectivity index is 1.50. The molecule has 0 radical (unpaired) electrons. The van der Waals surface area contributed by atoms with Crippen LogP contribution in [-0.2, 0) is 19.5 Å². The maximum atomic E-state index is 13.2. The zero-order chi connectivity index (χ0) is 18.8. The molecule has 27 heavy (non-hydrogen) atoms. The minimum atomic E-state index is 0.0687. The molecule has 0 saturated carbocycles. The van der Waals surface area contributed by atoms with Crippen molar-refractivity contribution < 1.29 is 4.79 Å². The van der Waals surface area contributed by atoms with E-state index < -0.39 is 0 Å². The topological polar surface area (TPSA) is 70.0 Å². The van der Waals surface area contributed by atoms with Crippen LogP contribution in [0.1, 0.15) is 66.1 Å². The Morgan fingerprint density at radius 1 is 1.37 bits per heavy atom. The Morgan fingerprint density at radius 3 is 3.11 bits per heavy atom. The molecule has 1 N–H and O–H groups in total. The number of likely N-dealkylation sites (N-methyl/N-ethyl adjacent to an activating group) is 1. The average molecular weight is 371 g/mol. The highest BCUT2D eigenvalue weighted by atomic mass is 16.2. The SMILES string of the molecule is CCCCn1ccnc1[C@H]1CCCN(C(=O)c2n[nH]c3c2CN(C)CC3)C1. The number of hydrogen-bond donors (Lipinski definition) is 1. The molecule has 7 heteroatoms. The molecule has 1 saturated heterocycles. The zero-order valence-electron chi connectivity index (χ0n) is 16.4. The van der Waals surface area contributed by atoms with Crippen molar-refractivity contribution in [2.75, 3.05) is 26.7 Å². The Morgan fingerprint density at radius 2 is 2.26 bits per heavy atom. The molecule has 2 aliphatic rings. The van der Waals surface area contributed by atoms with Crippen molar-refractivity contribution in [2.24, 2.45) is 0 Å². The summed E-state index contributed by atoms with van der Waals surface area (Å²) in [7, 11) is 2.09. The lowest BCUT2D eigenvalue weighted by molar-refractivity contribution is 0.0695. The third-order valence-corrected chi connectivity index (χ3v) is 5.90. The molecule has 4 rings (SSSR count). The van der Waals surface area contributed by atoms with E-state index in [4.69, 9.17) is 0 Å². The molecule has 0 aromatic carbocycles. The Bertz CT molecular complexity index is 794. The van der Waals surface area contributed by atoms with E-state index >= 15 is 0 Å². The first-order chi connectivity index (χ1) is 13.2. The first-order valence-corrected chi connectivity index (χ1v) is 10.2. The average Bonchev–Trinajstić information content (AvgIpc) is 3.32. The van der Waals surface area contributed by atoms with Gasteiger partial charge < -0.3 is 14.4 Å². The van der Waals surface area contributed by atoms with Gasteiger partial charge in [-0.05, 0) is 26.3 Å². The number of likely N-dealkylation sites (tertiary alicyclic amines) is 1. The second-order valence-corrected chi connectivity index (χ2v) is 7.94. The summed E-state index contributed by atoms with van der Waals surface area (Å²) in [4.78, 5) is 22.1. The number of amides is 1. The van der Waals surface area contributed by atoms with E-state index in [9.17, 15) is 4.79 Å². The van der Waals surface area contributed by atoms with Crippen LogP contribution in [0.25, 0.3) is 0 Å². The summed E-state index contributed by atoms with van der Waals surface area (Å²) in [6.45, 7) is 6.57. The van der Waals surface area contributed by atoms with Crippen molar-refractivity contribution in [3.63, 3.8) is 0 Å². The van der Waals surface area contributed by atoms with Gasteiger partial charge in [-0.1, -0.05) is 13.3 Å². The number of aromatic amines is 1. The Hall–Kier alpha value is -2.15. The van der Waals surface area contributed by atoms with Gasteiger partial charge in [0.25, 0.3) is 5.91 Å². The largest absolute Gasteiger partial charge is 0.337 e. The van der Waals surface area contributed by atoms with Crippen LogP contribution in [0.15, 0.2) is 12.4 Å². The van der Waals surface area contributed by atoms with Gasteiger partial charge in [0.15, 0.2) is 5.69 Å². The quantitative estimate of drug-likeness (QED) is 0.877. The fourth-order valence-corrected chi connectivity index (χ4v) is 4.33. The van der Waals surface area contributed by atoms with Crippen LogP contribution >= 0.6 is 0 Å². The fourth-order valence-electron chi connectivity index (χ4n) is 4.33. The number of nitrogens with zero attached hydrogens (tertiary/aromatic N) is 5. The predicted octanol–water partition coefficient (Wildman–Crippen LogP) is 2.41.